The van der Waals surface area contributed by atoms with Crippen LogP contribution in [0.3, 0.4) is 0 Å². The third kappa shape index (κ3) is 3.03. The molecule has 4 heteroatoms. The molecule has 0 atom stereocenters. The average molecular weight is 241 g/mol. The van der Waals surface area contributed by atoms with Crippen molar-refractivity contribution >= 4 is 17.3 Å². The molecule has 88 valence electrons. The normalized spacial score (nSPS) is 15.4. The summed E-state index contributed by atoms with van der Waals surface area (Å²) in [5, 5.41) is 0.578. The summed E-state index contributed by atoms with van der Waals surface area (Å²) in [4.78, 5) is 2.32. The van der Waals surface area contributed by atoms with Crippen molar-refractivity contribution in [2.75, 3.05) is 25.9 Å². The zero-order chi connectivity index (χ0) is 11.5. The Balaban J connectivity index is 1.80. The first-order valence-corrected chi connectivity index (χ1v) is 5.92. The summed E-state index contributed by atoms with van der Waals surface area (Å²) in [7, 11) is 2.13. The molecule has 0 aromatic heterocycles. The second kappa shape index (κ2) is 4.93. The number of nitrogens with two attached hydrogens (primary N) is 1. The van der Waals surface area contributed by atoms with Crippen LogP contribution in [0.5, 0.6) is 5.75 Å². The Hall–Kier alpha value is -0.930. The molecule has 0 radical (unpaired) electrons. The van der Waals surface area contributed by atoms with Crippen molar-refractivity contribution < 1.29 is 4.74 Å². The highest BCUT2D eigenvalue weighted by Gasteiger charge is 2.25. The number of anilines is 1. The van der Waals surface area contributed by atoms with Crippen LogP contribution in [-0.4, -0.2) is 31.1 Å². The van der Waals surface area contributed by atoms with Gasteiger partial charge in [-0.3, -0.25) is 0 Å². The maximum absolute atomic E-state index is 6.00. The Labute approximate surface area is 101 Å². The van der Waals surface area contributed by atoms with Crippen molar-refractivity contribution in [3.05, 3.63) is 23.2 Å². The zero-order valence-corrected chi connectivity index (χ0v) is 10.2. The lowest BCUT2D eigenvalue weighted by Crippen LogP contribution is -2.26. The van der Waals surface area contributed by atoms with Crippen LogP contribution in [0.4, 0.5) is 5.69 Å². The van der Waals surface area contributed by atoms with E-state index in [0.29, 0.717) is 23.1 Å². The van der Waals surface area contributed by atoms with Crippen LogP contribution in [-0.2, 0) is 0 Å². The summed E-state index contributed by atoms with van der Waals surface area (Å²) in [5.74, 6) is 0.708. The minimum Gasteiger partial charge on any atom is -0.491 e. The highest BCUT2D eigenvalue weighted by Crippen LogP contribution is 2.27. The number of ether oxygens (including phenoxy) is 1. The molecule has 0 saturated heterocycles. The van der Waals surface area contributed by atoms with Gasteiger partial charge in [0.25, 0.3) is 0 Å². The molecule has 0 spiro atoms. The lowest BCUT2D eigenvalue weighted by atomic mass is 10.3. The van der Waals surface area contributed by atoms with Gasteiger partial charge in [-0.15, -0.1) is 0 Å². The molecule has 0 bridgehead atoms. The van der Waals surface area contributed by atoms with E-state index in [9.17, 15) is 0 Å². The molecule has 3 nitrogen and oxygen atoms in total. The summed E-state index contributed by atoms with van der Waals surface area (Å²) in [6.45, 7) is 1.60. The van der Waals surface area contributed by atoms with Gasteiger partial charge >= 0.3 is 0 Å². The van der Waals surface area contributed by atoms with E-state index in [-0.39, 0.29) is 0 Å². The molecule has 1 fully saturated rings. The fraction of sp³-hybridized carbons (Fsp3) is 0.500. The van der Waals surface area contributed by atoms with Crippen molar-refractivity contribution in [1.82, 2.24) is 4.90 Å². The van der Waals surface area contributed by atoms with Crippen LogP contribution < -0.4 is 10.5 Å². The van der Waals surface area contributed by atoms with Crippen LogP contribution in [0.25, 0.3) is 0 Å². The molecule has 0 amide bonds. The molecule has 1 saturated carbocycles. The molecular formula is C12H17ClN2O. The highest BCUT2D eigenvalue weighted by atomic mass is 35.5. The van der Waals surface area contributed by atoms with E-state index in [1.807, 2.05) is 6.07 Å². The number of benzene rings is 1. The fourth-order valence-electron chi connectivity index (χ4n) is 1.63. The van der Waals surface area contributed by atoms with Gasteiger partial charge in [-0.05, 0) is 38.1 Å². The summed E-state index contributed by atoms with van der Waals surface area (Å²) in [6, 6.07) is 6.09. The number of hydrogen-bond acceptors (Lipinski definition) is 3. The van der Waals surface area contributed by atoms with Gasteiger partial charge in [0.15, 0.2) is 0 Å². The molecule has 1 aliphatic rings. The van der Waals surface area contributed by atoms with E-state index < -0.39 is 0 Å². The van der Waals surface area contributed by atoms with E-state index in [4.69, 9.17) is 22.1 Å². The monoisotopic (exact) mass is 240 g/mol. The molecular weight excluding hydrogens is 224 g/mol. The molecule has 2 rings (SSSR count). The maximum atomic E-state index is 6.00. The van der Waals surface area contributed by atoms with Gasteiger partial charge in [-0.25, -0.2) is 0 Å². The molecule has 16 heavy (non-hydrogen) atoms. The van der Waals surface area contributed by atoms with Crippen molar-refractivity contribution in [2.45, 2.75) is 18.9 Å². The lowest BCUT2D eigenvalue weighted by molar-refractivity contribution is 0.232. The predicted molar refractivity (Wildman–Crippen MR) is 67.0 cm³/mol. The van der Waals surface area contributed by atoms with E-state index >= 15 is 0 Å². The van der Waals surface area contributed by atoms with Crippen molar-refractivity contribution in [2.24, 2.45) is 0 Å². The van der Waals surface area contributed by atoms with Gasteiger partial charge in [0.2, 0.25) is 0 Å². The zero-order valence-electron chi connectivity index (χ0n) is 9.45. The number of rotatable bonds is 5. The predicted octanol–water partition coefficient (Wildman–Crippen LogP) is 2.40. The quantitative estimate of drug-likeness (QED) is 0.804. The standard InChI is InChI=1S/C12H17ClN2O/c1-15(10-3-4-10)6-7-16-12-5-2-9(14)8-11(12)13/h2,5,8,10H,3-4,6-7,14H2,1H3. The summed E-state index contributed by atoms with van der Waals surface area (Å²) in [5.41, 5.74) is 6.26. The lowest BCUT2D eigenvalue weighted by Gasteiger charge is -2.16. The molecule has 0 unspecified atom stereocenters. The topological polar surface area (TPSA) is 38.5 Å². The van der Waals surface area contributed by atoms with Gasteiger partial charge in [-0.2, -0.15) is 0 Å². The molecule has 2 N–H and O–H groups in total. The Morgan fingerprint density at radius 2 is 2.25 bits per heavy atom. The first-order valence-electron chi connectivity index (χ1n) is 5.55. The van der Waals surface area contributed by atoms with Crippen LogP contribution in [0, 0.1) is 0 Å². The fourth-order valence-corrected chi connectivity index (χ4v) is 1.88. The van der Waals surface area contributed by atoms with Gasteiger partial charge in [-0.1, -0.05) is 11.6 Å². The Morgan fingerprint density at radius 1 is 1.50 bits per heavy atom. The number of hydrogen-bond donors (Lipinski definition) is 1. The number of likely N-dealkylation sites (N-methyl/N-ethyl adjacent to an activating group) is 1. The van der Waals surface area contributed by atoms with Gasteiger partial charge in [0.1, 0.15) is 12.4 Å². The van der Waals surface area contributed by atoms with E-state index in [1.54, 1.807) is 12.1 Å². The minimum absolute atomic E-state index is 0.578. The third-order valence-electron chi connectivity index (χ3n) is 2.83. The number of nitrogens with zero attached hydrogens (tertiary/aromatic N) is 1. The Morgan fingerprint density at radius 3 is 2.88 bits per heavy atom. The smallest absolute Gasteiger partial charge is 0.138 e. The Bertz CT molecular complexity index is 366. The molecule has 0 heterocycles. The minimum atomic E-state index is 0.578. The molecule has 1 aliphatic carbocycles. The third-order valence-corrected chi connectivity index (χ3v) is 3.12. The van der Waals surface area contributed by atoms with Gasteiger partial charge < -0.3 is 15.4 Å². The molecule has 0 aliphatic heterocycles. The van der Waals surface area contributed by atoms with Crippen LogP contribution >= 0.6 is 11.6 Å². The average Bonchev–Trinajstić information content (AvgIpc) is 3.04. The molecule has 1 aromatic rings. The SMILES string of the molecule is CN(CCOc1ccc(N)cc1Cl)C1CC1. The summed E-state index contributed by atoms with van der Waals surface area (Å²) in [6.07, 6.45) is 2.64. The van der Waals surface area contributed by atoms with E-state index in [1.165, 1.54) is 12.8 Å². The first-order chi connectivity index (χ1) is 7.66. The second-order valence-corrected chi connectivity index (χ2v) is 4.66. The first kappa shape index (κ1) is 11.6. The number of halogens is 1. The van der Waals surface area contributed by atoms with E-state index in [2.05, 4.69) is 11.9 Å². The van der Waals surface area contributed by atoms with Crippen molar-refractivity contribution in [3.63, 3.8) is 0 Å². The second-order valence-electron chi connectivity index (χ2n) is 4.25. The molecule has 1 aromatic carbocycles. The Kier molecular flexibility index (Phi) is 3.56. The highest BCUT2D eigenvalue weighted by molar-refractivity contribution is 6.32. The largest absolute Gasteiger partial charge is 0.491 e. The van der Waals surface area contributed by atoms with E-state index in [0.717, 1.165) is 12.6 Å². The van der Waals surface area contributed by atoms with Crippen LogP contribution in [0.15, 0.2) is 18.2 Å². The van der Waals surface area contributed by atoms with Crippen LogP contribution in [0.1, 0.15) is 12.8 Å². The summed E-state index contributed by atoms with van der Waals surface area (Å²) >= 11 is 6.00. The van der Waals surface area contributed by atoms with Gasteiger partial charge in [0, 0.05) is 18.3 Å². The number of nitrogen functional groups attached to an aromatic ring is 1. The van der Waals surface area contributed by atoms with Crippen LogP contribution in [0.2, 0.25) is 5.02 Å². The van der Waals surface area contributed by atoms with Gasteiger partial charge in [0.05, 0.1) is 5.02 Å². The summed E-state index contributed by atoms with van der Waals surface area (Å²) < 4.78 is 5.61. The maximum Gasteiger partial charge on any atom is 0.138 e. The van der Waals surface area contributed by atoms with Crippen molar-refractivity contribution in [1.29, 1.82) is 0 Å². The van der Waals surface area contributed by atoms with Crippen molar-refractivity contribution in [3.8, 4) is 5.75 Å².